The van der Waals surface area contributed by atoms with Crippen molar-refractivity contribution in [2.24, 2.45) is 0 Å². The summed E-state index contributed by atoms with van der Waals surface area (Å²) in [6.07, 6.45) is -0.480. The molecule has 1 aliphatic rings. The summed E-state index contributed by atoms with van der Waals surface area (Å²) in [7, 11) is -0.463. The summed E-state index contributed by atoms with van der Waals surface area (Å²) in [4.78, 5) is 12.0. The van der Waals surface area contributed by atoms with E-state index in [4.69, 9.17) is 14.0 Å². The van der Waals surface area contributed by atoms with Crippen molar-refractivity contribution in [3.8, 4) is 0 Å². The molecule has 0 unspecified atom stereocenters. The van der Waals surface area contributed by atoms with Gasteiger partial charge in [-0.1, -0.05) is 11.6 Å². The smallest absolute Gasteiger partial charge is 0.444 e. The molecule has 1 N–H and O–H groups in total. The minimum atomic E-state index is -0.538. The lowest BCUT2D eigenvalue weighted by Crippen LogP contribution is -2.41. The molecule has 1 aromatic rings. The zero-order valence-corrected chi connectivity index (χ0v) is 15.9. The van der Waals surface area contributed by atoms with Crippen molar-refractivity contribution in [1.82, 2.24) is 0 Å². The number of amides is 1. The van der Waals surface area contributed by atoms with Crippen LogP contribution in [0.4, 0.5) is 10.5 Å². The van der Waals surface area contributed by atoms with Crippen molar-refractivity contribution in [1.29, 1.82) is 0 Å². The molecule has 1 aromatic carbocycles. The minimum absolute atomic E-state index is 0.404. The van der Waals surface area contributed by atoms with Gasteiger partial charge in [0.2, 0.25) is 0 Å². The summed E-state index contributed by atoms with van der Waals surface area (Å²) in [5, 5.41) is 2.76. The lowest BCUT2D eigenvalue weighted by Gasteiger charge is -2.32. The molecule has 1 amide bonds. The summed E-state index contributed by atoms with van der Waals surface area (Å²) < 4.78 is 17.5. The van der Waals surface area contributed by atoms with Gasteiger partial charge in [-0.2, -0.15) is 0 Å². The van der Waals surface area contributed by atoms with E-state index < -0.39 is 30.0 Å². The van der Waals surface area contributed by atoms with E-state index in [2.05, 4.69) is 5.32 Å². The number of nitrogens with one attached hydrogen (secondary N) is 1. The van der Waals surface area contributed by atoms with Crippen LogP contribution in [0.1, 0.15) is 54.0 Å². The Balaban J connectivity index is 2.20. The minimum Gasteiger partial charge on any atom is -0.444 e. The number of rotatable bonds is 2. The number of anilines is 1. The van der Waals surface area contributed by atoms with Gasteiger partial charge in [0.25, 0.3) is 0 Å². The molecule has 1 fully saturated rings. The van der Waals surface area contributed by atoms with Crippen molar-refractivity contribution in [2.45, 2.75) is 72.2 Å². The third-order valence-electron chi connectivity index (χ3n) is 4.43. The van der Waals surface area contributed by atoms with Gasteiger partial charge in [0.1, 0.15) is 5.60 Å². The average molecular weight is 333 g/mol. The highest BCUT2D eigenvalue weighted by Crippen LogP contribution is 2.36. The van der Waals surface area contributed by atoms with E-state index >= 15 is 0 Å². The van der Waals surface area contributed by atoms with Crippen LogP contribution in [0.15, 0.2) is 18.2 Å². The lowest BCUT2D eigenvalue weighted by atomic mass is 9.76. The second kappa shape index (κ2) is 6.08. The van der Waals surface area contributed by atoms with Crippen molar-refractivity contribution < 1.29 is 18.8 Å². The maximum Gasteiger partial charge on any atom is 0.495 e. The van der Waals surface area contributed by atoms with E-state index in [1.807, 2.05) is 73.6 Å². The number of hydrogen-bond donors (Lipinski definition) is 1. The fraction of sp³-hybridized carbons (Fsp3) is 0.611. The SMILES string of the molecule is Cc1ccc(NC(=O)OC(C)(C)C)cc1B1OC(C)(C)C(C)(C)O1. The van der Waals surface area contributed by atoms with E-state index in [1.165, 1.54) is 0 Å². The lowest BCUT2D eigenvalue weighted by molar-refractivity contribution is 0.00578. The second-order valence-corrected chi connectivity index (χ2v) is 8.29. The molecule has 0 spiro atoms. The Labute approximate surface area is 145 Å². The molecule has 0 aliphatic carbocycles. The number of carbonyl (C=O) groups excluding carboxylic acids is 1. The van der Waals surface area contributed by atoms with E-state index in [0.717, 1.165) is 11.0 Å². The monoisotopic (exact) mass is 333 g/mol. The topological polar surface area (TPSA) is 56.8 Å². The largest absolute Gasteiger partial charge is 0.495 e. The van der Waals surface area contributed by atoms with Crippen molar-refractivity contribution >= 4 is 24.4 Å². The number of hydrogen-bond acceptors (Lipinski definition) is 4. The first-order valence-electron chi connectivity index (χ1n) is 8.27. The Morgan fingerprint density at radius 2 is 1.67 bits per heavy atom. The normalized spacial score (nSPS) is 19.2. The Bertz CT molecular complexity index is 618. The molecule has 6 heteroatoms. The summed E-state index contributed by atoms with van der Waals surface area (Å²) in [6.45, 7) is 15.6. The standard InChI is InChI=1S/C18H28BNO4/c1-12-9-10-13(20-15(21)22-16(2,3)4)11-14(12)19-23-17(5,6)18(7,8)24-19/h9-11H,1-8H3,(H,20,21). The molecule has 0 aromatic heterocycles. The first-order chi connectivity index (χ1) is 10.8. The first kappa shape index (κ1) is 18.8. The van der Waals surface area contributed by atoms with E-state index in [0.29, 0.717) is 5.69 Å². The van der Waals surface area contributed by atoms with E-state index in [-0.39, 0.29) is 0 Å². The van der Waals surface area contributed by atoms with Gasteiger partial charge in [-0.05, 0) is 73.0 Å². The summed E-state index contributed by atoms with van der Waals surface area (Å²) in [6, 6.07) is 5.66. The van der Waals surface area contributed by atoms with Gasteiger partial charge in [0.15, 0.2) is 0 Å². The molecule has 24 heavy (non-hydrogen) atoms. The zero-order valence-electron chi connectivity index (χ0n) is 15.9. The number of ether oxygens (including phenoxy) is 1. The van der Waals surface area contributed by atoms with Crippen LogP contribution >= 0.6 is 0 Å². The Kier molecular flexibility index (Phi) is 4.77. The molecular formula is C18H28BNO4. The molecule has 0 bridgehead atoms. The third-order valence-corrected chi connectivity index (χ3v) is 4.43. The van der Waals surface area contributed by atoms with Crippen LogP contribution in [-0.2, 0) is 14.0 Å². The highest BCUT2D eigenvalue weighted by molar-refractivity contribution is 6.62. The van der Waals surface area contributed by atoms with Gasteiger partial charge in [0.05, 0.1) is 11.2 Å². The third kappa shape index (κ3) is 4.11. The molecule has 1 saturated heterocycles. The molecule has 0 atom stereocenters. The van der Waals surface area contributed by atoms with Crippen LogP contribution in [0.3, 0.4) is 0 Å². The van der Waals surface area contributed by atoms with Crippen LogP contribution < -0.4 is 10.8 Å². The maximum absolute atomic E-state index is 12.0. The van der Waals surface area contributed by atoms with Gasteiger partial charge in [-0.25, -0.2) is 4.79 Å². The summed E-state index contributed by atoms with van der Waals surface area (Å²) >= 11 is 0. The Hall–Kier alpha value is -1.53. The average Bonchev–Trinajstić information content (AvgIpc) is 2.58. The van der Waals surface area contributed by atoms with Crippen LogP contribution in [-0.4, -0.2) is 30.0 Å². The van der Waals surface area contributed by atoms with Gasteiger partial charge in [-0.3, -0.25) is 5.32 Å². The molecule has 132 valence electrons. The van der Waals surface area contributed by atoms with E-state index in [1.54, 1.807) is 0 Å². The van der Waals surface area contributed by atoms with Gasteiger partial charge in [-0.15, -0.1) is 0 Å². The molecule has 1 heterocycles. The number of aryl methyl sites for hydroxylation is 1. The first-order valence-corrected chi connectivity index (χ1v) is 8.27. The predicted molar refractivity (Wildman–Crippen MR) is 96.8 cm³/mol. The zero-order chi connectivity index (χ0) is 18.3. The number of benzene rings is 1. The number of carbonyl (C=O) groups is 1. The van der Waals surface area contributed by atoms with Crippen LogP contribution in [0.5, 0.6) is 0 Å². The predicted octanol–water partition coefficient (Wildman–Crippen LogP) is 3.64. The molecule has 5 nitrogen and oxygen atoms in total. The molecule has 0 saturated carbocycles. The van der Waals surface area contributed by atoms with Gasteiger partial charge < -0.3 is 14.0 Å². The highest BCUT2D eigenvalue weighted by Gasteiger charge is 2.52. The van der Waals surface area contributed by atoms with E-state index in [9.17, 15) is 4.79 Å². The summed E-state index contributed by atoms with van der Waals surface area (Å²) in [5.74, 6) is 0. The van der Waals surface area contributed by atoms with Crippen molar-refractivity contribution in [2.75, 3.05) is 5.32 Å². The quantitative estimate of drug-likeness (QED) is 0.840. The summed E-state index contributed by atoms with van der Waals surface area (Å²) in [5.41, 5.74) is 1.26. The van der Waals surface area contributed by atoms with Gasteiger partial charge >= 0.3 is 13.2 Å². The molecule has 2 rings (SSSR count). The van der Waals surface area contributed by atoms with Crippen molar-refractivity contribution in [3.63, 3.8) is 0 Å². The highest BCUT2D eigenvalue weighted by atomic mass is 16.7. The molecule has 0 radical (unpaired) electrons. The molecular weight excluding hydrogens is 305 g/mol. The Morgan fingerprint density at radius 1 is 1.12 bits per heavy atom. The van der Waals surface area contributed by atoms with Gasteiger partial charge in [0, 0.05) is 5.69 Å². The molecule has 1 aliphatic heterocycles. The van der Waals surface area contributed by atoms with Crippen LogP contribution in [0.25, 0.3) is 0 Å². The van der Waals surface area contributed by atoms with Crippen LogP contribution in [0, 0.1) is 6.92 Å². The fourth-order valence-corrected chi connectivity index (χ4v) is 2.36. The van der Waals surface area contributed by atoms with Crippen LogP contribution in [0.2, 0.25) is 0 Å². The maximum atomic E-state index is 12.0. The fourth-order valence-electron chi connectivity index (χ4n) is 2.36. The van der Waals surface area contributed by atoms with Crippen molar-refractivity contribution in [3.05, 3.63) is 23.8 Å². The Morgan fingerprint density at radius 3 is 2.17 bits per heavy atom. The second-order valence-electron chi connectivity index (χ2n) is 8.29.